The Bertz CT molecular complexity index is 927. The van der Waals surface area contributed by atoms with E-state index in [0.29, 0.717) is 17.3 Å². The standard InChI is InChI=1S/C23H27ClN4O2/c1-17(23(30)28-11-10-18-6-2-5-9-21(18)28)27-14-12-26(13-15-27)16-22(29)25-20-8-4-3-7-19(20)24/h2-9,17H,10-16H2,1H3,(H,25,29)/p+2/t17-/m1/s1. The minimum Gasteiger partial charge on any atom is -0.320 e. The maximum Gasteiger partial charge on any atom is 0.284 e. The highest BCUT2D eigenvalue weighted by Crippen LogP contribution is 2.27. The molecule has 7 heteroatoms. The van der Waals surface area contributed by atoms with Gasteiger partial charge in [0.1, 0.15) is 26.2 Å². The maximum atomic E-state index is 13.1. The van der Waals surface area contributed by atoms with E-state index in [-0.39, 0.29) is 17.9 Å². The molecule has 2 aliphatic heterocycles. The summed E-state index contributed by atoms with van der Waals surface area (Å²) < 4.78 is 0. The van der Waals surface area contributed by atoms with E-state index in [2.05, 4.69) is 11.4 Å². The van der Waals surface area contributed by atoms with Crippen LogP contribution < -0.4 is 20.0 Å². The molecule has 2 amide bonds. The highest BCUT2D eigenvalue weighted by atomic mass is 35.5. The van der Waals surface area contributed by atoms with E-state index in [9.17, 15) is 9.59 Å². The summed E-state index contributed by atoms with van der Waals surface area (Å²) >= 11 is 6.12. The zero-order valence-electron chi connectivity index (χ0n) is 17.3. The molecule has 2 aliphatic rings. The number of carbonyl (C=O) groups is 2. The van der Waals surface area contributed by atoms with E-state index in [1.807, 2.05) is 42.2 Å². The summed E-state index contributed by atoms with van der Waals surface area (Å²) in [6, 6.07) is 15.4. The van der Waals surface area contributed by atoms with Gasteiger partial charge in [0.15, 0.2) is 12.6 Å². The molecule has 158 valence electrons. The third-order valence-corrected chi connectivity index (χ3v) is 6.62. The summed E-state index contributed by atoms with van der Waals surface area (Å²) in [6.07, 6.45) is 0.933. The van der Waals surface area contributed by atoms with E-state index < -0.39 is 0 Å². The Morgan fingerprint density at radius 3 is 2.53 bits per heavy atom. The van der Waals surface area contributed by atoms with Crippen molar-refractivity contribution < 1.29 is 19.4 Å². The normalized spacial score (nSPS) is 21.7. The van der Waals surface area contributed by atoms with Crippen LogP contribution in [0.25, 0.3) is 0 Å². The molecule has 0 saturated carbocycles. The number of fused-ring (bicyclic) bond motifs is 1. The van der Waals surface area contributed by atoms with Gasteiger partial charge in [-0.2, -0.15) is 0 Å². The number of para-hydroxylation sites is 2. The van der Waals surface area contributed by atoms with Gasteiger partial charge in [0.2, 0.25) is 0 Å². The molecule has 2 aromatic carbocycles. The Morgan fingerprint density at radius 2 is 1.77 bits per heavy atom. The minimum absolute atomic E-state index is 0.0284. The van der Waals surface area contributed by atoms with E-state index in [0.717, 1.165) is 44.8 Å². The molecule has 6 nitrogen and oxygen atoms in total. The van der Waals surface area contributed by atoms with Crippen LogP contribution in [0.5, 0.6) is 0 Å². The minimum atomic E-state index is -0.0744. The predicted molar refractivity (Wildman–Crippen MR) is 118 cm³/mol. The Balaban J connectivity index is 1.27. The van der Waals surface area contributed by atoms with Crippen molar-refractivity contribution in [1.29, 1.82) is 0 Å². The first kappa shape index (κ1) is 20.8. The van der Waals surface area contributed by atoms with Gasteiger partial charge in [-0.3, -0.25) is 9.59 Å². The molecule has 4 rings (SSSR count). The second-order valence-electron chi connectivity index (χ2n) is 8.20. The number of piperazine rings is 1. The molecule has 2 aromatic rings. The zero-order chi connectivity index (χ0) is 21.1. The Morgan fingerprint density at radius 1 is 1.07 bits per heavy atom. The third kappa shape index (κ3) is 4.51. The van der Waals surface area contributed by atoms with Crippen LogP contribution in [0.2, 0.25) is 5.02 Å². The van der Waals surface area contributed by atoms with Crippen LogP contribution in [0.3, 0.4) is 0 Å². The van der Waals surface area contributed by atoms with Gasteiger partial charge in [-0.25, -0.2) is 0 Å². The lowest BCUT2D eigenvalue weighted by atomic mass is 10.1. The number of halogens is 1. The van der Waals surface area contributed by atoms with Gasteiger partial charge in [0, 0.05) is 12.2 Å². The van der Waals surface area contributed by atoms with Crippen LogP contribution in [-0.2, 0) is 16.0 Å². The lowest BCUT2D eigenvalue weighted by Crippen LogP contribution is -3.30. The second kappa shape index (κ2) is 9.16. The van der Waals surface area contributed by atoms with Gasteiger partial charge in [-0.05, 0) is 37.1 Å². The first-order chi connectivity index (χ1) is 14.5. The van der Waals surface area contributed by atoms with E-state index in [4.69, 9.17) is 11.6 Å². The van der Waals surface area contributed by atoms with Gasteiger partial charge < -0.3 is 20.0 Å². The third-order valence-electron chi connectivity index (χ3n) is 6.29. The molecule has 1 atom stereocenters. The topological polar surface area (TPSA) is 58.3 Å². The number of nitrogens with one attached hydrogen (secondary N) is 3. The van der Waals surface area contributed by atoms with E-state index in [1.54, 1.807) is 12.1 Å². The summed E-state index contributed by atoms with van der Waals surface area (Å²) in [4.78, 5) is 30.0. The molecule has 0 aliphatic carbocycles. The first-order valence-electron chi connectivity index (χ1n) is 10.6. The first-order valence-corrected chi connectivity index (χ1v) is 11.0. The summed E-state index contributed by atoms with van der Waals surface area (Å²) in [5, 5.41) is 3.44. The van der Waals surface area contributed by atoms with Crippen molar-refractivity contribution in [3.8, 4) is 0 Å². The van der Waals surface area contributed by atoms with Crippen LogP contribution in [-0.4, -0.2) is 57.1 Å². The lowest BCUT2D eigenvalue weighted by Gasteiger charge is -2.33. The Labute approximate surface area is 182 Å². The highest BCUT2D eigenvalue weighted by Gasteiger charge is 2.36. The average Bonchev–Trinajstić information content (AvgIpc) is 3.19. The van der Waals surface area contributed by atoms with Gasteiger partial charge in [0.25, 0.3) is 11.8 Å². The van der Waals surface area contributed by atoms with Gasteiger partial charge in [0.05, 0.1) is 10.7 Å². The fourth-order valence-corrected chi connectivity index (χ4v) is 4.68. The second-order valence-corrected chi connectivity index (χ2v) is 8.61. The summed E-state index contributed by atoms with van der Waals surface area (Å²) in [6.45, 7) is 6.75. The number of carbonyl (C=O) groups excluding carboxylic acids is 2. The van der Waals surface area contributed by atoms with Gasteiger partial charge >= 0.3 is 0 Å². The monoisotopic (exact) mass is 428 g/mol. The Kier molecular flexibility index (Phi) is 6.37. The molecule has 3 N–H and O–H groups in total. The van der Waals surface area contributed by atoms with Crippen molar-refractivity contribution in [1.82, 2.24) is 0 Å². The summed E-state index contributed by atoms with van der Waals surface area (Å²) in [5.74, 6) is 0.175. The quantitative estimate of drug-likeness (QED) is 0.630. The average molecular weight is 429 g/mol. The fraction of sp³-hybridized carbons (Fsp3) is 0.391. The number of nitrogens with zero attached hydrogens (tertiary/aromatic N) is 1. The predicted octanol–water partition coefficient (Wildman–Crippen LogP) is 0.0397. The number of benzene rings is 2. The van der Waals surface area contributed by atoms with Crippen molar-refractivity contribution in [2.24, 2.45) is 0 Å². The largest absolute Gasteiger partial charge is 0.320 e. The van der Waals surface area contributed by atoms with Crippen LogP contribution in [0, 0.1) is 0 Å². The molecule has 0 unspecified atom stereocenters. The zero-order valence-corrected chi connectivity index (χ0v) is 18.0. The van der Waals surface area contributed by atoms with Crippen LogP contribution >= 0.6 is 11.6 Å². The van der Waals surface area contributed by atoms with Crippen LogP contribution in [0.4, 0.5) is 11.4 Å². The molecular formula is C23H29ClN4O2+2. The molecule has 2 heterocycles. The molecule has 0 radical (unpaired) electrons. The number of amides is 2. The number of rotatable bonds is 5. The molecule has 30 heavy (non-hydrogen) atoms. The van der Waals surface area contributed by atoms with E-state index >= 15 is 0 Å². The molecule has 0 spiro atoms. The van der Waals surface area contributed by atoms with Crippen molar-refractivity contribution in [3.05, 3.63) is 59.1 Å². The van der Waals surface area contributed by atoms with Gasteiger partial charge in [-0.1, -0.05) is 41.9 Å². The maximum absolute atomic E-state index is 13.1. The SMILES string of the molecule is C[C@H](C(=O)N1CCc2ccccc21)[NH+]1CC[NH+](CC(=O)Nc2ccccc2Cl)CC1. The molecular weight excluding hydrogens is 400 g/mol. The molecule has 0 aromatic heterocycles. The van der Waals surface area contributed by atoms with E-state index in [1.165, 1.54) is 15.4 Å². The summed E-state index contributed by atoms with van der Waals surface area (Å²) in [5.41, 5.74) is 2.97. The Hall–Kier alpha value is -2.41. The van der Waals surface area contributed by atoms with Gasteiger partial charge in [-0.15, -0.1) is 0 Å². The highest BCUT2D eigenvalue weighted by molar-refractivity contribution is 6.33. The van der Waals surface area contributed by atoms with Crippen molar-refractivity contribution >= 4 is 34.8 Å². The lowest BCUT2D eigenvalue weighted by molar-refractivity contribution is -1.01. The van der Waals surface area contributed by atoms with Crippen LogP contribution in [0.1, 0.15) is 12.5 Å². The van der Waals surface area contributed by atoms with Crippen molar-refractivity contribution in [2.45, 2.75) is 19.4 Å². The summed E-state index contributed by atoms with van der Waals surface area (Å²) in [7, 11) is 0. The molecule has 1 saturated heterocycles. The number of anilines is 2. The number of hydrogen-bond donors (Lipinski definition) is 3. The van der Waals surface area contributed by atoms with Crippen molar-refractivity contribution in [3.63, 3.8) is 0 Å². The fourth-order valence-electron chi connectivity index (χ4n) is 4.49. The molecule has 0 bridgehead atoms. The number of hydrogen-bond acceptors (Lipinski definition) is 2. The van der Waals surface area contributed by atoms with Crippen molar-refractivity contribution in [2.75, 3.05) is 49.5 Å². The molecule has 1 fully saturated rings. The smallest absolute Gasteiger partial charge is 0.284 e. The number of quaternary nitrogens is 2. The van der Waals surface area contributed by atoms with Crippen LogP contribution in [0.15, 0.2) is 48.5 Å².